The molecule has 1 fully saturated rings. The number of carbonyl (C=O) groups excluding carboxylic acids is 1. The minimum atomic E-state index is -0.258. The molecular weight excluding hydrogens is 310 g/mol. The quantitative estimate of drug-likeness (QED) is 0.639. The summed E-state index contributed by atoms with van der Waals surface area (Å²) in [7, 11) is 0. The second-order valence-electron chi connectivity index (χ2n) is 5.05. The maximum Gasteiger partial charge on any atom is 0.260 e. The van der Waals surface area contributed by atoms with Crippen molar-refractivity contribution in [3.63, 3.8) is 0 Å². The number of ether oxygens (including phenoxy) is 2. The average molecular weight is 327 g/mol. The third-order valence-corrected chi connectivity index (χ3v) is 3.42. The van der Waals surface area contributed by atoms with E-state index in [0.29, 0.717) is 37.7 Å². The summed E-state index contributed by atoms with van der Waals surface area (Å²) in [5.41, 5.74) is 3.85. The Labute approximate surface area is 139 Å². The van der Waals surface area contributed by atoms with Gasteiger partial charge in [0.25, 0.3) is 5.91 Å². The number of morpholine rings is 1. The first-order valence-electron chi connectivity index (χ1n) is 7.37. The minimum absolute atomic E-state index is 0.0304. The first-order chi connectivity index (χ1) is 11.6. The minimum Gasteiger partial charge on any atom is -0.484 e. The van der Waals surface area contributed by atoms with Gasteiger partial charge in [-0.1, -0.05) is 0 Å². The lowest BCUT2D eigenvalue weighted by Crippen LogP contribution is -2.42. The lowest BCUT2D eigenvalue weighted by Gasteiger charge is -2.26. The molecule has 0 saturated carbocycles. The van der Waals surface area contributed by atoms with E-state index >= 15 is 0 Å². The molecule has 8 heteroatoms. The first-order valence-corrected chi connectivity index (χ1v) is 7.37. The van der Waals surface area contributed by atoms with Crippen LogP contribution in [0.5, 0.6) is 5.75 Å². The van der Waals surface area contributed by atoms with Crippen molar-refractivity contribution in [3.05, 3.63) is 23.8 Å². The standard InChI is InChI=1S/C16H17N5O3/c1-12-8-14(2-3-15(12)20-19-13(9-17)10-18)24-11-16(22)21-4-6-23-7-5-21/h2-3,8,20H,4-7,11H2,1H3. The number of aryl methyl sites for hydroxylation is 1. The molecule has 1 N–H and O–H groups in total. The van der Waals surface area contributed by atoms with Crippen LogP contribution < -0.4 is 10.2 Å². The van der Waals surface area contributed by atoms with Crippen LogP contribution in [0.2, 0.25) is 0 Å². The summed E-state index contributed by atoms with van der Waals surface area (Å²) in [5, 5.41) is 21.0. The highest BCUT2D eigenvalue weighted by Crippen LogP contribution is 2.21. The van der Waals surface area contributed by atoms with Gasteiger partial charge in [-0.05, 0) is 30.7 Å². The maximum atomic E-state index is 12.0. The van der Waals surface area contributed by atoms with Crippen molar-refractivity contribution in [2.24, 2.45) is 5.10 Å². The van der Waals surface area contributed by atoms with E-state index in [0.717, 1.165) is 5.56 Å². The third-order valence-electron chi connectivity index (χ3n) is 3.42. The van der Waals surface area contributed by atoms with Crippen molar-refractivity contribution in [1.29, 1.82) is 10.5 Å². The Balaban J connectivity index is 1.92. The number of nitriles is 2. The third kappa shape index (κ3) is 4.70. The van der Waals surface area contributed by atoms with Crippen LogP contribution in [0.3, 0.4) is 0 Å². The highest BCUT2D eigenvalue weighted by Gasteiger charge is 2.17. The van der Waals surface area contributed by atoms with Gasteiger partial charge in [-0.15, -0.1) is 0 Å². The number of hydrogen-bond donors (Lipinski definition) is 1. The SMILES string of the molecule is Cc1cc(OCC(=O)N2CCOCC2)ccc1NN=C(C#N)C#N. The van der Waals surface area contributed by atoms with Gasteiger partial charge >= 0.3 is 0 Å². The maximum absolute atomic E-state index is 12.0. The van der Waals surface area contributed by atoms with E-state index in [2.05, 4.69) is 10.5 Å². The van der Waals surface area contributed by atoms with Gasteiger partial charge in [0.15, 0.2) is 6.61 Å². The van der Waals surface area contributed by atoms with Crippen LogP contribution in [0, 0.1) is 29.6 Å². The Morgan fingerprint density at radius 3 is 2.71 bits per heavy atom. The summed E-state index contributed by atoms with van der Waals surface area (Å²) in [6.45, 7) is 4.08. The monoisotopic (exact) mass is 327 g/mol. The van der Waals surface area contributed by atoms with Crippen LogP contribution in [-0.4, -0.2) is 49.4 Å². The van der Waals surface area contributed by atoms with Crippen molar-refractivity contribution >= 4 is 17.3 Å². The van der Waals surface area contributed by atoms with Crippen LogP contribution in [0.1, 0.15) is 5.56 Å². The van der Waals surface area contributed by atoms with Gasteiger partial charge in [0.2, 0.25) is 5.71 Å². The second kappa shape index (κ2) is 8.51. The van der Waals surface area contributed by atoms with Crippen LogP contribution in [-0.2, 0) is 9.53 Å². The molecule has 1 heterocycles. The van der Waals surface area contributed by atoms with Crippen molar-refractivity contribution in [3.8, 4) is 17.9 Å². The summed E-state index contributed by atoms with van der Waals surface area (Å²) in [6.07, 6.45) is 0. The fraction of sp³-hybridized carbons (Fsp3) is 0.375. The number of nitrogens with one attached hydrogen (secondary N) is 1. The molecule has 1 aromatic carbocycles. The normalized spacial score (nSPS) is 13.4. The summed E-state index contributed by atoms with van der Waals surface area (Å²) in [4.78, 5) is 13.7. The summed E-state index contributed by atoms with van der Waals surface area (Å²) >= 11 is 0. The Bertz CT molecular complexity index is 695. The van der Waals surface area contributed by atoms with Gasteiger partial charge in [0.1, 0.15) is 17.9 Å². The van der Waals surface area contributed by atoms with Crippen LogP contribution in [0.15, 0.2) is 23.3 Å². The molecule has 0 spiro atoms. The van der Waals surface area contributed by atoms with Crippen molar-refractivity contribution in [1.82, 2.24) is 4.90 Å². The van der Waals surface area contributed by atoms with Crippen molar-refractivity contribution in [2.75, 3.05) is 38.3 Å². The molecule has 0 aromatic heterocycles. The average Bonchev–Trinajstić information content (AvgIpc) is 2.62. The fourth-order valence-electron chi connectivity index (χ4n) is 2.09. The van der Waals surface area contributed by atoms with Gasteiger partial charge < -0.3 is 14.4 Å². The molecule has 8 nitrogen and oxygen atoms in total. The zero-order valence-electron chi connectivity index (χ0n) is 13.3. The van der Waals surface area contributed by atoms with E-state index in [9.17, 15) is 4.79 Å². The Morgan fingerprint density at radius 2 is 2.08 bits per heavy atom. The van der Waals surface area contributed by atoms with Crippen molar-refractivity contribution in [2.45, 2.75) is 6.92 Å². The molecule has 0 aliphatic carbocycles. The summed E-state index contributed by atoms with van der Waals surface area (Å²) in [5.74, 6) is 0.486. The summed E-state index contributed by atoms with van der Waals surface area (Å²) < 4.78 is 10.7. The Kier molecular flexibility index (Phi) is 6.12. The lowest BCUT2D eigenvalue weighted by molar-refractivity contribution is -0.137. The Morgan fingerprint density at radius 1 is 1.38 bits per heavy atom. The van der Waals surface area contributed by atoms with Gasteiger partial charge in [-0.2, -0.15) is 15.6 Å². The number of hydrazone groups is 1. The molecule has 1 aliphatic heterocycles. The number of carbonyl (C=O) groups is 1. The molecule has 1 aromatic rings. The highest BCUT2D eigenvalue weighted by atomic mass is 16.5. The largest absolute Gasteiger partial charge is 0.484 e. The molecule has 124 valence electrons. The first kappa shape index (κ1) is 17.3. The molecular formula is C16H17N5O3. The Hall–Kier alpha value is -3.10. The molecule has 0 atom stereocenters. The van der Waals surface area contributed by atoms with E-state index in [1.807, 2.05) is 6.92 Å². The molecule has 1 saturated heterocycles. The van der Waals surface area contributed by atoms with Gasteiger partial charge in [-0.3, -0.25) is 10.2 Å². The number of amides is 1. The molecule has 24 heavy (non-hydrogen) atoms. The number of nitrogens with zero attached hydrogens (tertiary/aromatic N) is 4. The smallest absolute Gasteiger partial charge is 0.260 e. The van der Waals surface area contributed by atoms with E-state index in [1.165, 1.54) is 0 Å². The van der Waals surface area contributed by atoms with Crippen LogP contribution in [0.4, 0.5) is 5.69 Å². The lowest BCUT2D eigenvalue weighted by atomic mass is 10.2. The van der Waals surface area contributed by atoms with E-state index in [1.54, 1.807) is 35.2 Å². The molecule has 1 aliphatic rings. The second-order valence-corrected chi connectivity index (χ2v) is 5.05. The highest BCUT2D eigenvalue weighted by molar-refractivity contribution is 6.10. The van der Waals surface area contributed by atoms with E-state index < -0.39 is 0 Å². The van der Waals surface area contributed by atoms with Crippen LogP contribution in [0.25, 0.3) is 0 Å². The zero-order chi connectivity index (χ0) is 17.4. The van der Waals surface area contributed by atoms with Gasteiger partial charge in [-0.25, -0.2) is 0 Å². The van der Waals surface area contributed by atoms with E-state index in [-0.39, 0.29) is 18.2 Å². The number of hydrogen-bond acceptors (Lipinski definition) is 7. The predicted octanol–water partition coefficient (Wildman–Crippen LogP) is 1.05. The van der Waals surface area contributed by atoms with Gasteiger partial charge in [0, 0.05) is 13.1 Å². The number of benzene rings is 1. The molecule has 0 unspecified atom stereocenters. The van der Waals surface area contributed by atoms with Crippen molar-refractivity contribution < 1.29 is 14.3 Å². The molecule has 0 radical (unpaired) electrons. The molecule has 1 amide bonds. The predicted molar refractivity (Wildman–Crippen MR) is 86.4 cm³/mol. The number of anilines is 1. The van der Waals surface area contributed by atoms with Crippen LogP contribution >= 0.6 is 0 Å². The fourth-order valence-corrected chi connectivity index (χ4v) is 2.09. The zero-order valence-corrected chi connectivity index (χ0v) is 13.3. The summed E-state index contributed by atoms with van der Waals surface area (Å²) in [6, 6.07) is 8.49. The number of rotatable bonds is 5. The topological polar surface area (TPSA) is 111 Å². The molecule has 2 rings (SSSR count). The molecule has 0 bridgehead atoms. The van der Waals surface area contributed by atoms with Gasteiger partial charge in [0.05, 0.1) is 18.9 Å². The van der Waals surface area contributed by atoms with E-state index in [4.69, 9.17) is 20.0 Å².